The average molecular weight is 240 g/mol. The number of fused-ring (bicyclic) bond motifs is 1. The molecule has 0 saturated carbocycles. The quantitative estimate of drug-likeness (QED) is 0.814. The lowest BCUT2D eigenvalue weighted by Crippen LogP contribution is -2.14. The summed E-state index contributed by atoms with van der Waals surface area (Å²) in [4.78, 5) is 0. The molecule has 2 aliphatic heterocycles. The van der Waals surface area contributed by atoms with Crippen LogP contribution in [0.1, 0.15) is 35.4 Å². The lowest BCUT2D eigenvalue weighted by molar-refractivity contribution is 0.0853. The molecular formula is C13H18ClNO. The number of rotatable bonds is 1. The highest BCUT2D eigenvalue weighted by Gasteiger charge is 2.18. The minimum atomic E-state index is 0. The fraction of sp³-hybridized carbons (Fsp3) is 0.538. The van der Waals surface area contributed by atoms with E-state index in [2.05, 4.69) is 23.5 Å². The largest absolute Gasteiger partial charge is 0.381 e. The molecule has 1 fully saturated rings. The van der Waals surface area contributed by atoms with Gasteiger partial charge >= 0.3 is 0 Å². The highest BCUT2D eigenvalue weighted by Crippen LogP contribution is 2.29. The summed E-state index contributed by atoms with van der Waals surface area (Å²) in [5.74, 6) is 0.727. The van der Waals surface area contributed by atoms with E-state index < -0.39 is 0 Å². The van der Waals surface area contributed by atoms with E-state index in [1.807, 2.05) is 0 Å². The number of nitrogens with one attached hydrogen (secondary N) is 1. The Morgan fingerprint density at radius 1 is 1.06 bits per heavy atom. The standard InChI is InChI=1S/C13H17NO.ClH/c1-2-12-8-14-9-13(12)7-11(1)10-3-5-15-6-4-10;/h1-2,7,10,14H,3-6,8-9H2;1H. The van der Waals surface area contributed by atoms with E-state index in [4.69, 9.17) is 4.74 Å². The van der Waals surface area contributed by atoms with Crippen LogP contribution in [-0.4, -0.2) is 13.2 Å². The molecule has 2 nitrogen and oxygen atoms in total. The minimum Gasteiger partial charge on any atom is -0.381 e. The number of halogens is 1. The van der Waals surface area contributed by atoms with E-state index in [-0.39, 0.29) is 12.4 Å². The van der Waals surface area contributed by atoms with Gasteiger partial charge in [0.2, 0.25) is 0 Å². The highest BCUT2D eigenvalue weighted by molar-refractivity contribution is 5.85. The number of ether oxygens (including phenoxy) is 1. The van der Waals surface area contributed by atoms with Crippen LogP contribution in [0.2, 0.25) is 0 Å². The summed E-state index contributed by atoms with van der Waals surface area (Å²) in [6, 6.07) is 6.99. The molecule has 0 bridgehead atoms. The van der Waals surface area contributed by atoms with Gasteiger partial charge in [0.15, 0.2) is 0 Å². The van der Waals surface area contributed by atoms with Crippen LogP contribution in [0.25, 0.3) is 0 Å². The average Bonchev–Trinajstić information content (AvgIpc) is 2.77. The van der Waals surface area contributed by atoms with Gasteiger partial charge in [-0.25, -0.2) is 0 Å². The Morgan fingerprint density at radius 3 is 2.62 bits per heavy atom. The smallest absolute Gasteiger partial charge is 0.0471 e. The summed E-state index contributed by atoms with van der Waals surface area (Å²) in [7, 11) is 0. The van der Waals surface area contributed by atoms with Crippen LogP contribution in [0.5, 0.6) is 0 Å². The Bertz CT molecular complexity index is 361. The molecule has 2 aliphatic rings. The molecule has 1 aromatic carbocycles. The SMILES string of the molecule is Cl.c1cc2c(cc1C1CCOCC1)CNC2. The Hall–Kier alpha value is -0.570. The van der Waals surface area contributed by atoms with E-state index in [0.717, 1.165) is 32.2 Å². The zero-order valence-electron chi connectivity index (χ0n) is 9.37. The van der Waals surface area contributed by atoms with Crippen molar-refractivity contribution in [1.82, 2.24) is 5.32 Å². The summed E-state index contributed by atoms with van der Waals surface area (Å²) in [6.45, 7) is 3.95. The molecule has 88 valence electrons. The second-order valence-corrected chi connectivity index (χ2v) is 4.52. The summed E-state index contributed by atoms with van der Waals surface area (Å²) in [6.07, 6.45) is 2.37. The van der Waals surface area contributed by atoms with Crippen molar-refractivity contribution in [2.75, 3.05) is 13.2 Å². The van der Waals surface area contributed by atoms with Gasteiger partial charge in [0.1, 0.15) is 0 Å². The second-order valence-electron chi connectivity index (χ2n) is 4.52. The Balaban J connectivity index is 0.000000963. The summed E-state index contributed by atoms with van der Waals surface area (Å²) in [5, 5.41) is 3.39. The van der Waals surface area contributed by atoms with Crippen molar-refractivity contribution in [1.29, 1.82) is 0 Å². The van der Waals surface area contributed by atoms with Gasteiger partial charge < -0.3 is 10.1 Å². The predicted octanol–water partition coefficient (Wildman–Crippen LogP) is 2.61. The molecule has 0 radical (unpaired) electrons. The van der Waals surface area contributed by atoms with Gasteiger partial charge in [-0.3, -0.25) is 0 Å². The number of hydrogen-bond donors (Lipinski definition) is 1. The van der Waals surface area contributed by atoms with Crippen molar-refractivity contribution in [3.8, 4) is 0 Å². The molecular weight excluding hydrogens is 222 g/mol. The van der Waals surface area contributed by atoms with Crippen molar-refractivity contribution >= 4 is 12.4 Å². The number of benzene rings is 1. The molecule has 1 N–H and O–H groups in total. The van der Waals surface area contributed by atoms with Crippen LogP contribution < -0.4 is 5.32 Å². The first-order valence-electron chi connectivity index (χ1n) is 5.83. The van der Waals surface area contributed by atoms with Crippen LogP contribution in [0, 0.1) is 0 Å². The van der Waals surface area contributed by atoms with Gasteiger partial charge in [-0.15, -0.1) is 12.4 Å². The van der Waals surface area contributed by atoms with Crippen molar-refractivity contribution in [3.05, 3.63) is 34.9 Å². The van der Waals surface area contributed by atoms with E-state index >= 15 is 0 Å². The molecule has 1 saturated heterocycles. The third kappa shape index (κ3) is 2.24. The summed E-state index contributed by atoms with van der Waals surface area (Å²) in [5.41, 5.74) is 4.49. The maximum Gasteiger partial charge on any atom is 0.0471 e. The lowest BCUT2D eigenvalue weighted by Gasteiger charge is -2.22. The zero-order chi connectivity index (χ0) is 10.1. The molecule has 3 heteroatoms. The normalized spacial score (nSPS) is 20.2. The summed E-state index contributed by atoms with van der Waals surface area (Å²) >= 11 is 0. The molecule has 3 rings (SSSR count). The third-order valence-electron chi connectivity index (χ3n) is 3.55. The van der Waals surface area contributed by atoms with E-state index in [0.29, 0.717) is 0 Å². The Morgan fingerprint density at radius 2 is 1.81 bits per heavy atom. The predicted molar refractivity (Wildman–Crippen MR) is 67.0 cm³/mol. The van der Waals surface area contributed by atoms with E-state index in [9.17, 15) is 0 Å². The maximum atomic E-state index is 5.40. The summed E-state index contributed by atoms with van der Waals surface area (Å²) < 4.78 is 5.40. The molecule has 0 spiro atoms. The van der Waals surface area contributed by atoms with Crippen molar-refractivity contribution in [3.63, 3.8) is 0 Å². The fourth-order valence-corrected chi connectivity index (χ4v) is 2.60. The van der Waals surface area contributed by atoms with Crippen molar-refractivity contribution in [2.45, 2.75) is 31.8 Å². The monoisotopic (exact) mass is 239 g/mol. The van der Waals surface area contributed by atoms with E-state index in [1.54, 1.807) is 0 Å². The molecule has 0 atom stereocenters. The zero-order valence-corrected chi connectivity index (χ0v) is 10.2. The van der Waals surface area contributed by atoms with Gasteiger partial charge in [-0.2, -0.15) is 0 Å². The lowest BCUT2D eigenvalue weighted by atomic mass is 9.90. The van der Waals surface area contributed by atoms with Crippen LogP contribution in [-0.2, 0) is 17.8 Å². The van der Waals surface area contributed by atoms with Crippen molar-refractivity contribution < 1.29 is 4.74 Å². The first-order valence-corrected chi connectivity index (χ1v) is 5.83. The first kappa shape index (κ1) is 11.9. The van der Waals surface area contributed by atoms with Gasteiger partial charge in [-0.1, -0.05) is 18.2 Å². The molecule has 16 heavy (non-hydrogen) atoms. The van der Waals surface area contributed by atoms with Gasteiger partial charge in [0, 0.05) is 26.3 Å². The number of hydrogen-bond acceptors (Lipinski definition) is 2. The molecule has 0 unspecified atom stereocenters. The highest BCUT2D eigenvalue weighted by atomic mass is 35.5. The van der Waals surface area contributed by atoms with Crippen LogP contribution in [0.3, 0.4) is 0 Å². The van der Waals surface area contributed by atoms with Gasteiger partial charge in [-0.05, 0) is 35.4 Å². The molecule has 0 aliphatic carbocycles. The van der Waals surface area contributed by atoms with Gasteiger partial charge in [0.25, 0.3) is 0 Å². The minimum absolute atomic E-state index is 0. The fourth-order valence-electron chi connectivity index (χ4n) is 2.60. The maximum absolute atomic E-state index is 5.40. The molecule has 2 heterocycles. The third-order valence-corrected chi connectivity index (χ3v) is 3.55. The molecule has 1 aromatic rings. The van der Waals surface area contributed by atoms with Crippen LogP contribution in [0.4, 0.5) is 0 Å². The van der Waals surface area contributed by atoms with Gasteiger partial charge in [0.05, 0.1) is 0 Å². The molecule has 0 amide bonds. The van der Waals surface area contributed by atoms with Crippen molar-refractivity contribution in [2.24, 2.45) is 0 Å². The first-order chi connectivity index (χ1) is 7.43. The van der Waals surface area contributed by atoms with E-state index in [1.165, 1.54) is 29.5 Å². The van der Waals surface area contributed by atoms with Crippen LogP contribution >= 0.6 is 12.4 Å². The molecule has 0 aromatic heterocycles. The Kier molecular flexibility index (Phi) is 3.85. The second kappa shape index (κ2) is 5.17. The Labute approximate surface area is 103 Å². The van der Waals surface area contributed by atoms with Crippen LogP contribution in [0.15, 0.2) is 18.2 Å². The topological polar surface area (TPSA) is 21.3 Å².